The summed E-state index contributed by atoms with van der Waals surface area (Å²) >= 11 is 0.988. The van der Waals surface area contributed by atoms with Gasteiger partial charge < -0.3 is 19.9 Å². The molecule has 1 heterocycles. The van der Waals surface area contributed by atoms with Crippen LogP contribution in [0.3, 0.4) is 0 Å². The van der Waals surface area contributed by atoms with E-state index in [0.717, 1.165) is 11.5 Å². The van der Waals surface area contributed by atoms with Crippen molar-refractivity contribution in [2.24, 2.45) is 0 Å². The zero-order chi connectivity index (χ0) is 20.0. The number of esters is 1. The van der Waals surface area contributed by atoms with Crippen LogP contribution in [0.1, 0.15) is 44.3 Å². The quantitative estimate of drug-likeness (QED) is 0.666. The van der Waals surface area contributed by atoms with Crippen LogP contribution in [-0.4, -0.2) is 51.6 Å². The van der Waals surface area contributed by atoms with Crippen molar-refractivity contribution >= 4 is 17.5 Å². The fourth-order valence-corrected chi connectivity index (χ4v) is 2.79. The minimum absolute atomic E-state index is 0.0865. The van der Waals surface area contributed by atoms with Crippen molar-refractivity contribution in [3.8, 4) is 17.0 Å². The fraction of sp³-hybridized carbons (Fsp3) is 0.526. The maximum atomic E-state index is 12.3. The van der Waals surface area contributed by atoms with Crippen molar-refractivity contribution in [3.63, 3.8) is 0 Å². The summed E-state index contributed by atoms with van der Waals surface area (Å²) < 4.78 is 15.0. The van der Waals surface area contributed by atoms with E-state index in [-0.39, 0.29) is 18.2 Å². The minimum Gasteiger partial charge on any atom is -0.490 e. The second-order valence-corrected chi connectivity index (χ2v) is 8.25. The number of ether oxygens (including phenoxy) is 2. The first-order chi connectivity index (χ1) is 12.7. The van der Waals surface area contributed by atoms with E-state index in [4.69, 9.17) is 9.47 Å². The molecule has 1 unspecified atom stereocenters. The second-order valence-electron chi connectivity index (χ2n) is 7.50. The molecule has 148 valence electrons. The number of carbonyl (C=O) groups excluding carboxylic acids is 1. The zero-order valence-corrected chi connectivity index (χ0v) is 17.2. The van der Waals surface area contributed by atoms with Crippen molar-refractivity contribution in [2.45, 2.75) is 52.4 Å². The number of rotatable bonds is 8. The predicted octanol–water partition coefficient (Wildman–Crippen LogP) is 2.90. The SMILES string of the molecule is CC(C)OC(=O)c1snnc1-c1ccccc1OCC(O)CNC(C)(C)C. The lowest BCUT2D eigenvalue weighted by atomic mass is 10.1. The van der Waals surface area contributed by atoms with Gasteiger partial charge in [0.1, 0.15) is 24.2 Å². The molecule has 7 nitrogen and oxygen atoms in total. The van der Waals surface area contributed by atoms with E-state index in [0.29, 0.717) is 28.4 Å². The van der Waals surface area contributed by atoms with Crippen molar-refractivity contribution < 1.29 is 19.4 Å². The Hall–Kier alpha value is -2.03. The number of aliphatic hydroxyl groups is 1. The lowest BCUT2D eigenvalue weighted by Gasteiger charge is -2.23. The lowest BCUT2D eigenvalue weighted by Crippen LogP contribution is -2.42. The Morgan fingerprint density at radius 2 is 2.00 bits per heavy atom. The summed E-state index contributed by atoms with van der Waals surface area (Å²) in [6, 6.07) is 7.23. The maximum Gasteiger partial charge on any atom is 0.352 e. The van der Waals surface area contributed by atoms with Crippen LogP contribution in [0, 0.1) is 0 Å². The molecule has 2 aromatic rings. The molecule has 0 radical (unpaired) electrons. The van der Waals surface area contributed by atoms with E-state index in [1.807, 2.05) is 32.9 Å². The number of aromatic nitrogens is 2. The third kappa shape index (κ3) is 6.57. The Balaban J connectivity index is 2.13. The molecule has 2 rings (SSSR count). The van der Waals surface area contributed by atoms with Crippen LogP contribution < -0.4 is 10.1 Å². The van der Waals surface area contributed by atoms with Crippen molar-refractivity contribution in [1.82, 2.24) is 14.9 Å². The maximum absolute atomic E-state index is 12.3. The number of β-amino-alcohol motifs (C(OH)–C–C–N with tert-alkyl or cyclic N) is 1. The van der Waals surface area contributed by atoms with Gasteiger partial charge >= 0.3 is 5.97 Å². The van der Waals surface area contributed by atoms with E-state index in [2.05, 4.69) is 14.9 Å². The summed E-state index contributed by atoms with van der Waals surface area (Å²) in [4.78, 5) is 12.6. The molecule has 1 atom stereocenters. The predicted molar refractivity (Wildman–Crippen MR) is 105 cm³/mol. The van der Waals surface area contributed by atoms with Crippen LogP contribution in [0.5, 0.6) is 5.75 Å². The van der Waals surface area contributed by atoms with Gasteiger partial charge in [-0.05, 0) is 58.3 Å². The van der Waals surface area contributed by atoms with Gasteiger partial charge in [-0.3, -0.25) is 0 Å². The van der Waals surface area contributed by atoms with E-state index in [1.165, 1.54) is 0 Å². The van der Waals surface area contributed by atoms with Gasteiger partial charge in [-0.15, -0.1) is 5.10 Å². The average molecular weight is 394 g/mol. The van der Waals surface area contributed by atoms with E-state index >= 15 is 0 Å². The molecule has 0 amide bonds. The van der Waals surface area contributed by atoms with Gasteiger partial charge in [0.05, 0.1) is 6.10 Å². The molecule has 0 aliphatic heterocycles. The normalized spacial score (nSPS) is 12.9. The fourth-order valence-electron chi connectivity index (χ4n) is 2.23. The number of aliphatic hydroxyl groups excluding tert-OH is 1. The standard InChI is InChI=1S/C19H27N3O4S/c1-12(2)26-18(24)17-16(21-22-27-17)14-8-6-7-9-15(14)25-11-13(23)10-20-19(3,4)5/h6-9,12-13,20,23H,10-11H2,1-5H3. The molecule has 1 aromatic heterocycles. The Morgan fingerprint density at radius 3 is 2.67 bits per heavy atom. The van der Waals surface area contributed by atoms with Crippen LogP contribution in [0.4, 0.5) is 0 Å². The second kappa shape index (κ2) is 9.25. The highest BCUT2D eigenvalue weighted by atomic mass is 32.1. The number of hydrogen-bond acceptors (Lipinski definition) is 8. The summed E-state index contributed by atoms with van der Waals surface area (Å²) in [5.74, 6) is 0.0674. The highest BCUT2D eigenvalue weighted by Gasteiger charge is 2.23. The smallest absolute Gasteiger partial charge is 0.352 e. The number of nitrogens with zero attached hydrogens (tertiary/aromatic N) is 2. The van der Waals surface area contributed by atoms with Crippen LogP contribution in [0.2, 0.25) is 0 Å². The molecule has 0 aliphatic carbocycles. The van der Waals surface area contributed by atoms with Gasteiger partial charge in [0, 0.05) is 17.6 Å². The number of hydrogen-bond donors (Lipinski definition) is 2. The first kappa shape index (κ1) is 21.3. The van der Waals surface area contributed by atoms with Gasteiger partial charge in [0.2, 0.25) is 0 Å². The third-order valence-corrected chi connectivity index (χ3v) is 4.16. The van der Waals surface area contributed by atoms with E-state index < -0.39 is 12.1 Å². The van der Waals surface area contributed by atoms with Crippen LogP contribution in [0.15, 0.2) is 24.3 Å². The lowest BCUT2D eigenvalue weighted by molar-refractivity contribution is 0.0384. The van der Waals surface area contributed by atoms with Crippen LogP contribution >= 0.6 is 11.5 Å². The third-order valence-electron chi connectivity index (χ3n) is 3.46. The number of nitrogens with one attached hydrogen (secondary N) is 1. The first-order valence-electron chi connectivity index (χ1n) is 8.86. The van der Waals surface area contributed by atoms with Crippen molar-refractivity contribution in [1.29, 1.82) is 0 Å². The number of benzene rings is 1. The Morgan fingerprint density at radius 1 is 1.30 bits per heavy atom. The summed E-state index contributed by atoms with van der Waals surface area (Å²) in [6.45, 7) is 10.2. The monoisotopic (exact) mass is 393 g/mol. The summed E-state index contributed by atoms with van der Waals surface area (Å²) in [7, 11) is 0. The molecular formula is C19H27N3O4S. The van der Waals surface area contributed by atoms with Gasteiger partial charge in [-0.2, -0.15) is 0 Å². The molecular weight excluding hydrogens is 366 g/mol. The zero-order valence-electron chi connectivity index (χ0n) is 16.4. The highest BCUT2D eigenvalue weighted by Crippen LogP contribution is 2.32. The molecule has 2 N–H and O–H groups in total. The molecule has 27 heavy (non-hydrogen) atoms. The molecule has 0 aliphatic rings. The molecule has 1 aromatic carbocycles. The van der Waals surface area contributed by atoms with Crippen LogP contribution in [-0.2, 0) is 4.74 Å². The number of carbonyl (C=O) groups is 1. The molecule has 0 spiro atoms. The van der Waals surface area contributed by atoms with Crippen molar-refractivity contribution in [3.05, 3.63) is 29.1 Å². The molecule has 0 fully saturated rings. The van der Waals surface area contributed by atoms with E-state index in [1.54, 1.807) is 26.0 Å². The average Bonchev–Trinajstić information content (AvgIpc) is 3.07. The van der Waals surface area contributed by atoms with Gasteiger partial charge in [-0.25, -0.2) is 4.79 Å². The molecule has 0 bridgehead atoms. The van der Waals surface area contributed by atoms with Crippen LogP contribution in [0.25, 0.3) is 11.3 Å². The largest absolute Gasteiger partial charge is 0.490 e. The van der Waals surface area contributed by atoms with Gasteiger partial charge in [0.15, 0.2) is 4.88 Å². The number of para-hydroxylation sites is 1. The molecule has 0 saturated heterocycles. The van der Waals surface area contributed by atoms with Crippen molar-refractivity contribution in [2.75, 3.05) is 13.2 Å². The summed E-state index contributed by atoms with van der Waals surface area (Å²) in [5, 5.41) is 17.5. The topological polar surface area (TPSA) is 93.6 Å². The Bertz CT molecular complexity index is 755. The summed E-state index contributed by atoms with van der Waals surface area (Å²) in [5.41, 5.74) is 0.970. The Labute approximate surface area is 163 Å². The Kier molecular flexibility index (Phi) is 7.29. The molecule has 8 heteroatoms. The summed E-state index contributed by atoms with van der Waals surface area (Å²) in [6.07, 6.45) is -0.902. The van der Waals surface area contributed by atoms with Gasteiger partial charge in [0.25, 0.3) is 0 Å². The first-order valence-corrected chi connectivity index (χ1v) is 9.63. The molecule has 0 saturated carbocycles. The van der Waals surface area contributed by atoms with Gasteiger partial charge in [-0.1, -0.05) is 16.6 Å². The minimum atomic E-state index is -0.670. The van der Waals surface area contributed by atoms with E-state index in [9.17, 15) is 9.90 Å². The highest BCUT2D eigenvalue weighted by molar-refractivity contribution is 7.08.